The maximum absolute atomic E-state index is 11.3. The lowest BCUT2D eigenvalue weighted by Gasteiger charge is -2.21. The van der Waals surface area contributed by atoms with E-state index < -0.39 is 0 Å². The molecule has 0 spiro atoms. The number of nitrogens with zero attached hydrogens (tertiary/aromatic N) is 1. The summed E-state index contributed by atoms with van der Waals surface area (Å²) in [5.74, 6) is -0.178. The number of benzene rings is 1. The molecular weight excluding hydrogens is 264 g/mol. The van der Waals surface area contributed by atoms with Crippen LogP contribution in [0.5, 0.6) is 0 Å². The van der Waals surface area contributed by atoms with Gasteiger partial charge in [-0.15, -0.1) is 0 Å². The molecule has 0 saturated carbocycles. The second-order valence-electron chi connectivity index (χ2n) is 6.29. The van der Waals surface area contributed by atoms with Crippen molar-refractivity contribution in [1.82, 2.24) is 9.88 Å². The summed E-state index contributed by atoms with van der Waals surface area (Å²) in [4.78, 5) is 11.3. The van der Waals surface area contributed by atoms with Gasteiger partial charge in [0.2, 0.25) is 0 Å². The molecule has 0 bridgehead atoms. The third kappa shape index (κ3) is 4.08. The number of hydrogen-bond acceptors (Lipinski definition) is 3. The molecule has 0 atom stereocenters. The van der Waals surface area contributed by atoms with Gasteiger partial charge >= 0.3 is 5.97 Å². The minimum Gasteiger partial charge on any atom is -0.469 e. The molecule has 0 aliphatic rings. The molecule has 21 heavy (non-hydrogen) atoms. The third-order valence-corrected chi connectivity index (χ3v) is 3.50. The summed E-state index contributed by atoms with van der Waals surface area (Å²) in [5, 5.41) is 4.75. The first kappa shape index (κ1) is 15.6. The molecule has 4 heteroatoms. The van der Waals surface area contributed by atoms with Gasteiger partial charge in [0.1, 0.15) is 0 Å². The summed E-state index contributed by atoms with van der Waals surface area (Å²) in [7, 11) is 1.42. The number of aryl methyl sites for hydroxylation is 1. The second kappa shape index (κ2) is 6.31. The van der Waals surface area contributed by atoms with Crippen molar-refractivity contribution in [2.75, 3.05) is 7.11 Å². The molecule has 1 aromatic heterocycles. The molecule has 1 N–H and O–H groups in total. The number of nitrogens with one attached hydrogen (secondary N) is 1. The molecule has 1 aromatic carbocycles. The Hall–Kier alpha value is -1.81. The zero-order valence-corrected chi connectivity index (χ0v) is 13.3. The SMILES string of the molecule is COC(=O)CCn1ccc2c(CNC(C)(C)C)cccc21. The summed E-state index contributed by atoms with van der Waals surface area (Å²) >= 11 is 0. The standard InChI is InChI=1S/C17H24N2O2/c1-17(2,3)18-12-13-6-5-7-15-14(13)8-10-19(15)11-9-16(20)21-4/h5-8,10,18H,9,11-12H2,1-4H3. The maximum atomic E-state index is 11.3. The molecule has 0 amide bonds. The Bertz CT molecular complexity index is 623. The molecule has 0 radical (unpaired) electrons. The number of aromatic nitrogens is 1. The van der Waals surface area contributed by atoms with Crippen molar-refractivity contribution in [1.29, 1.82) is 0 Å². The van der Waals surface area contributed by atoms with Gasteiger partial charge in [-0.25, -0.2) is 0 Å². The fourth-order valence-electron chi connectivity index (χ4n) is 2.31. The van der Waals surface area contributed by atoms with Gasteiger partial charge in [-0.2, -0.15) is 0 Å². The lowest BCUT2D eigenvalue weighted by molar-refractivity contribution is -0.140. The number of rotatable bonds is 5. The zero-order valence-electron chi connectivity index (χ0n) is 13.3. The van der Waals surface area contributed by atoms with Crippen molar-refractivity contribution in [2.24, 2.45) is 0 Å². The van der Waals surface area contributed by atoms with E-state index in [2.05, 4.69) is 54.9 Å². The summed E-state index contributed by atoms with van der Waals surface area (Å²) < 4.78 is 6.80. The van der Waals surface area contributed by atoms with Crippen LogP contribution in [0.2, 0.25) is 0 Å². The summed E-state index contributed by atoms with van der Waals surface area (Å²) in [6.45, 7) is 7.96. The van der Waals surface area contributed by atoms with Crippen LogP contribution in [0.15, 0.2) is 30.5 Å². The van der Waals surface area contributed by atoms with Crippen LogP contribution in [0.4, 0.5) is 0 Å². The van der Waals surface area contributed by atoms with Crippen molar-refractivity contribution >= 4 is 16.9 Å². The van der Waals surface area contributed by atoms with Crippen LogP contribution in [-0.4, -0.2) is 23.2 Å². The monoisotopic (exact) mass is 288 g/mol. The fraction of sp³-hybridized carbons (Fsp3) is 0.471. The van der Waals surface area contributed by atoms with Gasteiger partial charge in [-0.1, -0.05) is 12.1 Å². The Morgan fingerprint density at radius 1 is 1.29 bits per heavy atom. The van der Waals surface area contributed by atoms with Crippen molar-refractivity contribution < 1.29 is 9.53 Å². The van der Waals surface area contributed by atoms with Gasteiger partial charge in [-0.3, -0.25) is 4.79 Å². The van der Waals surface area contributed by atoms with E-state index in [4.69, 9.17) is 4.74 Å². The Morgan fingerprint density at radius 2 is 2.05 bits per heavy atom. The molecule has 0 aliphatic carbocycles. The summed E-state index contributed by atoms with van der Waals surface area (Å²) in [6, 6.07) is 8.42. The highest BCUT2D eigenvalue weighted by molar-refractivity contribution is 5.83. The van der Waals surface area contributed by atoms with Crippen LogP contribution in [0.3, 0.4) is 0 Å². The van der Waals surface area contributed by atoms with Crippen LogP contribution in [-0.2, 0) is 22.6 Å². The largest absolute Gasteiger partial charge is 0.469 e. The minimum atomic E-state index is -0.178. The van der Waals surface area contributed by atoms with Crippen molar-refractivity contribution in [2.45, 2.75) is 45.8 Å². The topological polar surface area (TPSA) is 43.3 Å². The van der Waals surface area contributed by atoms with E-state index >= 15 is 0 Å². The minimum absolute atomic E-state index is 0.0929. The first-order valence-corrected chi connectivity index (χ1v) is 7.29. The summed E-state index contributed by atoms with van der Waals surface area (Å²) in [5.41, 5.74) is 2.53. The lowest BCUT2D eigenvalue weighted by Crippen LogP contribution is -2.35. The highest BCUT2D eigenvalue weighted by atomic mass is 16.5. The predicted octanol–water partition coefficient (Wildman–Crippen LogP) is 3.09. The predicted molar refractivity (Wildman–Crippen MR) is 85.2 cm³/mol. The maximum Gasteiger partial charge on any atom is 0.307 e. The Labute approximate surface area is 126 Å². The van der Waals surface area contributed by atoms with Crippen molar-refractivity contribution in [3.8, 4) is 0 Å². The normalized spacial score (nSPS) is 11.8. The van der Waals surface area contributed by atoms with Gasteiger partial charge in [0.25, 0.3) is 0 Å². The van der Waals surface area contributed by atoms with Crippen molar-refractivity contribution in [3.63, 3.8) is 0 Å². The number of ether oxygens (including phenoxy) is 1. The second-order valence-corrected chi connectivity index (χ2v) is 6.29. The molecule has 0 fully saturated rings. The van der Waals surface area contributed by atoms with Crippen molar-refractivity contribution in [3.05, 3.63) is 36.0 Å². The number of methoxy groups -OCH3 is 1. The highest BCUT2D eigenvalue weighted by Gasteiger charge is 2.11. The first-order chi connectivity index (χ1) is 9.90. The molecule has 2 rings (SSSR count). The molecule has 0 aliphatic heterocycles. The molecule has 0 unspecified atom stereocenters. The van der Waals surface area contributed by atoms with Gasteiger partial charge in [0, 0.05) is 35.7 Å². The molecule has 1 heterocycles. The van der Waals surface area contributed by atoms with Gasteiger partial charge < -0.3 is 14.6 Å². The van der Waals surface area contributed by atoms with Crippen LogP contribution in [0.25, 0.3) is 10.9 Å². The molecule has 4 nitrogen and oxygen atoms in total. The van der Waals surface area contributed by atoms with E-state index in [1.54, 1.807) is 0 Å². The van der Waals surface area contributed by atoms with E-state index in [0.29, 0.717) is 13.0 Å². The fourth-order valence-corrected chi connectivity index (χ4v) is 2.31. The highest BCUT2D eigenvalue weighted by Crippen LogP contribution is 2.21. The molecular formula is C17H24N2O2. The van der Waals surface area contributed by atoms with Gasteiger partial charge in [0.15, 0.2) is 0 Å². The average Bonchev–Trinajstić information content (AvgIpc) is 2.85. The van der Waals surface area contributed by atoms with E-state index in [-0.39, 0.29) is 11.5 Å². The zero-order chi connectivity index (χ0) is 15.5. The lowest BCUT2D eigenvalue weighted by atomic mass is 10.1. The number of hydrogen-bond donors (Lipinski definition) is 1. The molecule has 2 aromatic rings. The first-order valence-electron chi connectivity index (χ1n) is 7.29. The summed E-state index contributed by atoms with van der Waals surface area (Å²) in [6.07, 6.45) is 2.43. The average molecular weight is 288 g/mol. The number of carbonyl (C=O) groups excluding carboxylic acids is 1. The van der Waals surface area contributed by atoms with E-state index in [1.807, 2.05) is 6.20 Å². The van der Waals surface area contributed by atoms with Crippen LogP contribution in [0, 0.1) is 0 Å². The number of fused-ring (bicyclic) bond motifs is 1. The quantitative estimate of drug-likeness (QED) is 0.860. The third-order valence-electron chi connectivity index (χ3n) is 3.50. The van der Waals surface area contributed by atoms with E-state index in [1.165, 1.54) is 18.1 Å². The van der Waals surface area contributed by atoms with Crippen LogP contribution in [0.1, 0.15) is 32.8 Å². The van der Waals surface area contributed by atoms with E-state index in [0.717, 1.165) is 12.1 Å². The van der Waals surface area contributed by atoms with Crippen LogP contribution >= 0.6 is 0 Å². The Kier molecular flexibility index (Phi) is 4.68. The van der Waals surface area contributed by atoms with E-state index in [9.17, 15) is 4.79 Å². The molecule has 114 valence electrons. The van der Waals surface area contributed by atoms with Crippen LogP contribution < -0.4 is 5.32 Å². The number of esters is 1. The van der Waals surface area contributed by atoms with Gasteiger partial charge in [0.05, 0.1) is 13.5 Å². The smallest absolute Gasteiger partial charge is 0.307 e. The molecule has 0 saturated heterocycles. The Morgan fingerprint density at radius 3 is 2.71 bits per heavy atom. The number of carbonyl (C=O) groups is 1. The Balaban J connectivity index is 2.18. The van der Waals surface area contributed by atoms with Gasteiger partial charge in [-0.05, 0) is 38.5 Å².